The van der Waals surface area contributed by atoms with Crippen molar-refractivity contribution in [3.8, 4) is 17.2 Å². The molecule has 1 heterocycles. The Balaban J connectivity index is 1.57. The maximum Gasteiger partial charge on any atom is 0.234 e. The van der Waals surface area contributed by atoms with Crippen molar-refractivity contribution in [2.24, 2.45) is 7.05 Å². The molecular formula is C22H26N4O4S. The third-order valence-corrected chi connectivity index (χ3v) is 5.66. The van der Waals surface area contributed by atoms with Crippen LogP contribution in [0.4, 0.5) is 5.69 Å². The van der Waals surface area contributed by atoms with E-state index in [1.165, 1.54) is 11.8 Å². The van der Waals surface area contributed by atoms with Crippen molar-refractivity contribution >= 4 is 23.4 Å². The topological polar surface area (TPSA) is 87.5 Å². The van der Waals surface area contributed by atoms with E-state index in [1.807, 2.05) is 43.7 Å². The molecule has 1 amide bonds. The van der Waals surface area contributed by atoms with Crippen LogP contribution in [0.5, 0.6) is 17.2 Å². The summed E-state index contributed by atoms with van der Waals surface area (Å²) in [6.07, 6.45) is 0. The van der Waals surface area contributed by atoms with Gasteiger partial charge in [0.1, 0.15) is 23.9 Å². The Bertz CT molecular complexity index is 1070. The van der Waals surface area contributed by atoms with E-state index in [2.05, 4.69) is 15.5 Å². The van der Waals surface area contributed by atoms with Crippen molar-refractivity contribution in [1.29, 1.82) is 0 Å². The van der Waals surface area contributed by atoms with Crippen molar-refractivity contribution in [3.63, 3.8) is 0 Å². The number of aromatic nitrogens is 3. The lowest BCUT2D eigenvalue weighted by Gasteiger charge is -2.11. The average molecular weight is 443 g/mol. The van der Waals surface area contributed by atoms with Crippen molar-refractivity contribution in [3.05, 3.63) is 53.3 Å². The van der Waals surface area contributed by atoms with Crippen LogP contribution in [0, 0.1) is 13.8 Å². The van der Waals surface area contributed by atoms with E-state index in [9.17, 15) is 4.79 Å². The molecule has 0 saturated carbocycles. The van der Waals surface area contributed by atoms with E-state index in [4.69, 9.17) is 14.2 Å². The lowest BCUT2D eigenvalue weighted by molar-refractivity contribution is -0.113. The quantitative estimate of drug-likeness (QED) is 0.505. The lowest BCUT2D eigenvalue weighted by Crippen LogP contribution is -2.15. The van der Waals surface area contributed by atoms with Gasteiger partial charge >= 0.3 is 0 Å². The van der Waals surface area contributed by atoms with Crippen molar-refractivity contribution in [2.75, 3.05) is 25.3 Å². The number of rotatable bonds is 9. The van der Waals surface area contributed by atoms with Gasteiger partial charge in [-0.1, -0.05) is 23.9 Å². The molecule has 0 radical (unpaired) electrons. The number of ether oxygens (including phenoxy) is 3. The number of nitrogens with zero attached hydrogens (tertiary/aromatic N) is 3. The average Bonchev–Trinajstić information content (AvgIpc) is 3.12. The number of benzene rings is 2. The van der Waals surface area contributed by atoms with Crippen LogP contribution >= 0.6 is 11.8 Å². The fourth-order valence-corrected chi connectivity index (χ4v) is 3.55. The van der Waals surface area contributed by atoms with E-state index in [-0.39, 0.29) is 11.7 Å². The Labute approximate surface area is 185 Å². The number of amides is 1. The summed E-state index contributed by atoms with van der Waals surface area (Å²) in [4.78, 5) is 12.4. The van der Waals surface area contributed by atoms with Gasteiger partial charge in [-0.25, -0.2) is 0 Å². The first kappa shape index (κ1) is 22.5. The molecule has 1 N–H and O–H groups in total. The predicted molar refractivity (Wildman–Crippen MR) is 120 cm³/mol. The summed E-state index contributed by atoms with van der Waals surface area (Å²) < 4.78 is 18.2. The Kier molecular flexibility index (Phi) is 7.41. The second-order valence-corrected chi connectivity index (χ2v) is 7.86. The van der Waals surface area contributed by atoms with Gasteiger partial charge < -0.3 is 24.1 Å². The van der Waals surface area contributed by atoms with Gasteiger partial charge in [-0.15, -0.1) is 10.2 Å². The Morgan fingerprint density at radius 3 is 2.61 bits per heavy atom. The summed E-state index contributed by atoms with van der Waals surface area (Å²) in [5, 5.41) is 11.9. The van der Waals surface area contributed by atoms with Gasteiger partial charge in [0.25, 0.3) is 0 Å². The maximum absolute atomic E-state index is 12.4. The monoisotopic (exact) mass is 442 g/mol. The molecule has 0 aliphatic heterocycles. The fraction of sp³-hybridized carbons (Fsp3) is 0.318. The standard InChI is InChI=1S/C22H26N4O4S/c1-14-6-7-15(2)18(10-14)30-12-20-24-25-22(26(20)3)31-13-21(27)23-17-9-8-16(28-4)11-19(17)29-5/h6-11H,12-13H2,1-5H3,(H,23,27). The van der Waals surface area contributed by atoms with Gasteiger partial charge in [0.15, 0.2) is 11.0 Å². The van der Waals surface area contributed by atoms with Crippen LogP contribution in [-0.4, -0.2) is 40.6 Å². The minimum Gasteiger partial charge on any atom is -0.497 e. The molecule has 0 spiro atoms. The molecule has 0 unspecified atom stereocenters. The van der Waals surface area contributed by atoms with Crippen LogP contribution in [0.15, 0.2) is 41.6 Å². The van der Waals surface area contributed by atoms with Gasteiger partial charge in [0.05, 0.1) is 25.7 Å². The summed E-state index contributed by atoms with van der Waals surface area (Å²) in [7, 11) is 4.97. The normalized spacial score (nSPS) is 10.6. The number of hydrogen-bond donors (Lipinski definition) is 1. The molecule has 2 aromatic carbocycles. The lowest BCUT2D eigenvalue weighted by atomic mass is 10.1. The molecule has 8 nitrogen and oxygen atoms in total. The molecule has 3 aromatic rings. The number of anilines is 1. The molecule has 0 aliphatic carbocycles. The van der Waals surface area contributed by atoms with Gasteiger partial charge in [-0.05, 0) is 43.2 Å². The van der Waals surface area contributed by atoms with Crippen LogP contribution in [0.25, 0.3) is 0 Å². The van der Waals surface area contributed by atoms with E-state index in [1.54, 1.807) is 32.4 Å². The zero-order valence-corrected chi connectivity index (χ0v) is 19.1. The molecule has 0 atom stereocenters. The molecule has 3 rings (SSSR count). The van der Waals surface area contributed by atoms with Crippen molar-refractivity contribution in [2.45, 2.75) is 25.6 Å². The third-order valence-electron chi connectivity index (χ3n) is 4.64. The molecule has 0 bridgehead atoms. The van der Waals surface area contributed by atoms with Crippen molar-refractivity contribution in [1.82, 2.24) is 14.8 Å². The molecule has 9 heteroatoms. The second-order valence-electron chi connectivity index (χ2n) is 6.92. The second kappa shape index (κ2) is 10.2. The molecule has 1 aromatic heterocycles. The Morgan fingerprint density at radius 2 is 1.87 bits per heavy atom. The minimum absolute atomic E-state index is 0.176. The van der Waals surface area contributed by atoms with Gasteiger partial charge in [0, 0.05) is 13.1 Å². The van der Waals surface area contributed by atoms with Crippen LogP contribution in [0.3, 0.4) is 0 Å². The highest BCUT2D eigenvalue weighted by atomic mass is 32.2. The number of aryl methyl sites for hydroxylation is 2. The number of carbonyl (C=O) groups is 1. The predicted octanol–water partition coefficient (Wildman–Crippen LogP) is 3.76. The highest BCUT2D eigenvalue weighted by Gasteiger charge is 2.14. The summed E-state index contributed by atoms with van der Waals surface area (Å²) in [5.74, 6) is 2.69. The number of methoxy groups -OCH3 is 2. The van der Waals surface area contributed by atoms with Gasteiger partial charge in [-0.2, -0.15) is 0 Å². The van der Waals surface area contributed by atoms with Gasteiger partial charge in [-0.3, -0.25) is 4.79 Å². The number of hydrogen-bond acceptors (Lipinski definition) is 7. The van der Waals surface area contributed by atoms with E-state index >= 15 is 0 Å². The van der Waals surface area contributed by atoms with E-state index in [0.29, 0.717) is 34.8 Å². The largest absolute Gasteiger partial charge is 0.497 e. The van der Waals surface area contributed by atoms with Crippen molar-refractivity contribution < 1.29 is 19.0 Å². The first-order valence-corrected chi connectivity index (χ1v) is 10.6. The Hall–Kier alpha value is -3.20. The highest BCUT2D eigenvalue weighted by molar-refractivity contribution is 7.99. The number of carbonyl (C=O) groups excluding carboxylic acids is 1. The molecule has 0 saturated heterocycles. The number of nitrogens with one attached hydrogen (secondary N) is 1. The smallest absolute Gasteiger partial charge is 0.234 e. The first-order chi connectivity index (χ1) is 14.9. The summed E-state index contributed by atoms with van der Waals surface area (Å²) in [6, 6.07) is 11.3. The SMILES string of the molecule is COc1ccc(NC(=O)CSc2nnc(COc3cc(C)ccc3C)n2C)c(OC)c1. The number of thioether (sulfide) groups is 1. The van der Waals surface area contributed by atoms with Crippen LogP contribution in [0.1, 0.15) is 17.0 Å². The minimum atomic E-state index is -0.176. The zero-order chi connectivity index (χ0) is 22.4. The molecule has 31 heavy (non-hydrogen) atoms. The third kappa shape index (κ3) is 5.69. The summed E-state index contributed by atoms with van der Waals surface area (Å²) in [6.45, 7) is 4.32. The van der Waals surface area contributed by atoms with Crippen LogP contribution in [-0.2, 0) is 18.4 Å². The first-order valence-electron chi connectivity index (χ1n) is 9.64. The molecule has 0 fully saturated rings. The molecule has 164 valence electrons. The zero-order valence-electron chi connectivity index (χ0n) is 18.3. The fourth-order valence-electron chi connectivity index (χ4n) is 2.82. The van der Waals surface area contributed by atoms with Crippen LogP contribution < -0.4 is 19.5 Å². The van der Waals surface area contributed by atoms with Crippen LogP contribution in [0.2, 0.25) is 0 Å². The molecular weight excluding hydrogens is 416 g/mol. The van der Waals surface area contributed by atoms with E-state index in [0.717, 1.165) is 16.9 Å². The van der Waals surface area contributed by atoms with E-state index < -0.39 is 0 Å². The summed E-state index contributed by atoms with van der Waals surface area (Å²) >= 11 is 1.30. The molecule has 0 aliphatic rings. The highest BCUT2D eigenvalue weighted by Crippen LogP contribution is 2.29. The Morgan fingerprint density at radius 1 is 1.06 bits per heavy atom. The summed E-state index contributed by atoms with van der Waals surface area (Å²) in [5.41, 5.74) is 2.77. The van der Waals surface area contributed by atoms with Gasteiger partial charge in [0.2, 0.25) is 5.91 Å². The maximum atomic E-state index is 12.4.